The van der Waals surface area contributed by atoms with E-state index in [1.807, 2.05) is 36.4 Å². The number of halogens is 1. The number of hydrazine groups is 1. The van der Waals surface area contributed by atoms with Crippen molar-refractivity contribution in [3.05, 3.63) is 76.0 Å². The molecule has 2 atom stereocenters. The molecule has 2 aromatic carbocycles. The minimum absolute atomic E-state index is 0.110. The first-order valence-corrected chi connectivity index (χ1v) is 11.4. The summed E-state index contributed by atoms with van der Waals surface area (Å²) < 4.78 is 0. The van der Waals surface area contributed by atoms with Crippen LogP contribution in [0.1, 0.15) is 23.6 Å². The fourth-order valence-corrected chi connectivity index (χ4v) is 4.52. The standard InChI is InChI=1S/C24H27ClN6O3/c1-30-21-16-5-2-3-6-18(16)31(24(34)19(21)20(29-30)22(27)32)12-4-11-28-23(33)17(26)13-14-7-9-15(25)10-8-14/h2-3,5-10,17,21,29H,4,11-13,26H2,1H3,(H2,27,32)(H,28,33). The highest BCUT2D eigenvalue weighted by atomic mass is 35.5. The van der Waals surface area contributed by atoms with Crippen molar-refractivity contribution in [1.82, 2.24) is 15.8 Å². The van der Waals surface area contributed by atoms with E-state index in [0.717, 1.165) is 16.8 Å². The number of primary amides is 1. The Morgan fingerprint density at radius 2 is 1.88 bits per heavy atom. The van der Waals surface area contributed by atoms with Crippen LogP contribution in [0.2, 0.25) is 5.02 Å². The summed E-state index contributed by atoms with van der Waals surface area (Å²) in [4.78, 5) is 39.4. The Balaban J connectivity index is 1.40. The van der Waals surface area contributed by atoms with Gasteiger partial charge in [0.25, 0.3) is 11.8 Å². The van der Waals surface area contributed by atoms with Gasteiger partial charge in [0.15, 0.2) is 0 Å². The van der Waals surface area contributed by atoms with Gasteiger partial charge in [-0.1, -0.05) is 41.9 Å². The van der Waals surface area contributed by atoms with Crippen LogP contribution in [0.3, 0.4) is 0 Å². The van der Waals surface area contributed by atoms with E-state index in [-0.39, 0.29) is 17.5 Å². The van der Waals surface area contributed by atoms with Crippen molar-refractivity contribution < 1.29 is 14.4 Å². The summed E-state index contributed by atoms with van der Waals surface area (Å²) in [5, 5.41) is 5.18. The van der Waals surface area contributed by atoms with Gasteiger partial charge in [-0.3, -0.25) is 14.4 Å². The van der Waals surface area contributed by atoms with Gasteiger partial charge in [-0.2, -0.15) is 0 Å². The summed E-state index contributed by atoms with van der Waals surface area (Å²) in [6.07, 6.45) is 0.902. The highest BCUT2D eigenvalue weighted by Gasteiger charge is 2.44. The smallest absolute Gasteiger partial charge is 0.266 e. The quantitative estimate of drug-likeness (QED) is 0.415. The number of hydrogen-bond donors (Lipinski definition) is 4. The van der Waals surface area contributed by atoms with Gasteiger partial charge in [0.05, 0.1) is 17.7 Å². The number of nitrogens with one attached hydrogen (secondary N) is 2. The van der Waals surface area contributed by atoms with Crippen LogP contribution in [0.15, 0.2) is 59.8 Å². The molecule has 2 unspecified atom stereocenters. The summed E-state index contributed by atoms with van der Waals surface area (Å²) in [5.74, 6) is -1.22. The number of likely N-dealkylation sites (N-methyl/N-ethyl adjacent to an activating group) is 1. The van der Waals surface area contributed by atoms with Crippen LogP contribution >= 0.6 is 11.6 Å². The first-order chi connectivity index (χ1) is 16.3. The summed E-state index contributed by atoms with van der Waals surface area (Å²) in [6, 6.07) is 13.7. The van der Waals surface area contributed by atoms with E-state index in [0.29, 0.717) is 36.5 Å². The number of rotatable bonds is 8. The Morgan fingerprint density at radius 3 is 2.59 bits per heavy atom. The maximum atomic E-state index is 13.4. The van der Waals surface area contributed by atoms with Crippen LogP contribution < -0.4 is 27.1 Å². The summed E-state index contributed by atoms with van der Waals surface area (Å²) in [6.45, 7) is 0.705. The number of anilines is 1. The molecule has 34 heavy (non-hydrogen) atoms. The highest BCUT2D eigenvalue weighted by molar-refractivity contribution is 6.30. The molecule has 2 heterocycles. The van der Waals surface area contributed by atoms with Crippen molar-refractivity contribution >= 4 is 35.0 Å². The van der Waals surface area contributed by atoms with Gasteiger partial charge < -0.3 is 27.1 Å². The predicted molar refractivity (Wildman–Crippen MR) is 129 cm³/mol. The van der Waals surface area contributed by atoms with E-state index in [9.17, 15) is 14.4 Å². The molecule has 6 N–H and O–H groups in total. The maximum Gasteiger partial charge on any atom is 0.266 e. The number of fused-ring (bicyclic) bond motifs is 3. The second-order valence-electron chi connectivity index (χ2n) is 8.38. The average Bonchev–Trinajstić information content (AvgIpc) is 3.17. The van der Waals surface area contributed by atoms with Gasteiger partial charge in [0.1, 0.15) is 5.70 Å². The Kier molecular flexibility index (Phi) is 6.87. The molecule has 0 fully saturated rings. The van der Waals surface area contributed by atoms with Gasteiger partial charge >= 0.3 is 0 Å². The van der Waals surface area contributed by atoms with Crippen molar-refractivity contribution in [3.63, 3.8) is 0 Å². The van der Waals surface area contributed by atoms with E-state index < -0.39 is 18.0 Å². The average molecular weight is 483 g/mol. The number of para-hydroxylation sites is 1. The Bertz CT molecular complexity index is 1150. The van der Waals surface area contributed by atoms with E-state index >= 15 is 0 Å². The third-order valence-corrected chi connectivity index (χ3v) is 6.28. The zero-order valence-electron chi connectivity index (χ0n) is 18.8. The number of amides is 3. The summed E-state index contributed by atoms with van der Waals surface area (Å²) in [5.41, 5.74) is 17.5. The number of benzene rings is 2. The van der Waals surface area contributed by atoms with Gasteiger partial charge in [-0.05, 0) is 42.2 Å². The lowest BCUT2D eigenvalue weighted by atomic mass is 9.90. The van der Waals surface area contributed by atoms with Crippen LogP contribution in [0.4, 0.5) is 5.69 Å². The monoisotopic (exact) mass is 482 g/mol. The topological polar surface area (TPSA) is 134 Å². The first-order valence-electron chi connectivity index (χ1n) is 11.0. The molecule has 0 spiro atoms. The van der Waals surface area contributed by atoms with E-state index in [1.165, 1.54) is 0 Å². The number of hydrogen-bond acceptors (Lipinski definition) is 6. The van der Waals surface area contributed by atoms with E-state index in [2.05, 4.69) is 10.7 Å². The van der Waals surface area contributed by atoms with Crippen LogP contribution in [0.5, 0.6) is 0 Å². The lowest BCUT2D eigenvalue weighted by Crippen LogP contribution is -2.44. The third-order valence-electron chi connectivity index (χ3n) is 6.03. The van der Waals surface area contributed by atoms with Crippen LogP contribution in [-0.4, -0.2) is 48.9 Å². The molecule has 0 saturated heterocycles. The van der Waals surface area contributed by atoms with Crippen LogP contribution in [-0.2, 0) is 20.8 Å². The van der Waals surface area contributed by atoms with E-state index in [1.54, 1.807) is 29.1 Å². The third kappa shape index (κ3) is 4.63. The zero-order valence-corrected chi connectivity index (χ0v) is 19.5. The van der Waals surface area contributed by atoms with Gasteiger partial charge in [-0.15, -0.1) is 0 Å². The molecule has 9 nitrogen and oxygen atoms in total. The van der Waals surface area contributed by atoms with Crippen LogP contribution in [0.25, 0.3) is 0 Å². The minimum atomic E-state index is -0.692. The second kappa shape index (κ2) is 9.84. The molecule has 0 saturated carbocycles. The molecule has 0 aromatic heterocycles. The molecule has 178 valence electrons. The molecule has 0 bridgehead atoms. The lowest BCUT2D eigenvalue weighted by Gasteiger charge is -2.35. The van der Waals surface area contributed by atoms with Crippen molar-refractivity contribution in [2.24, 2.45) is 11.5 Å². The van der Waals surface area contributed by atoms with Crippen molar-refractivity contribution in [2.75, 3.05) is 25.0 Å². The molecule has 0 aliphatic carbocycles. The summed E-state index contributed by atoms with van der Waals surface area (Å²) >= 11 is 5.89. The van der Waals surface area contributed by atoms with Gasteiger partial charge in [-0.25, -0.2) is 5.01 Å². The number of carbonyl (C=O) groups is 3. The van der Waals surface area contributed by atoms with Crippen molar-refractivity contribution in [2.45, 2.75) is 24.9 Å². The molecule has 3 amide bonds. The molecule has 10 heteroatoms. The fourth-order valence-electron chi connectivity index (χ4n) is 4.40. The van der Waals surface area contributed by atoms with E-state index in [4.69, 9.17) is 23.1 Å². The lowest BCUT2D eigenvalue weighted by molar-refractivity contribution is -0.122. The molecular formula is C24H27ClN6O3. The zero-order chi connectivity index (χ0) is 24.4. The molecule has 2 aliphatic heterocycles. The van der Waals surface area contributed by atoms with Crippen LogP contribution in [0, 0.1) is 0 Å². The Labute approximate surface area is 202 Å². The SMILES string of the molecule is CN1NC(C(N)=O)=C2C(=O)N(CCCNC(=O)C(N)Cc3ccc(Cl)cc3)c3ccccc3C21. The van der Waals surface area contributed by atoms with Crippen molar-refractivity contribution in [3.8, 4) is 0 Å². The summed E-state index contributed by atoms with van der Waals surface area (Å²) in [7, 11) is 1.77. The van der Waals surface area contributed by atoms with Gasteiger partial charge in [0, 0.05) is 30.8 Å². The second-order valence-corrected chi connectivity index (χ2v) is 8.81. The molecular weight excluding hydrogens is 456 g/mol. The normalized spacial score (nSPS) is 18.3. The minimum Gasteiger partial charge on any atom is -0.364 e. The molecule has 2 aromatic rings. The molecule has 4 rings (SSSR count). The number of carbonyl (C=O) groups excluding carboxylic acids is 3. The van der Waals surface area contributed by atoms with Crippen molar-refractivity contribution in [1.29, 1.82) is 0 Å². The highest BCUT2D eigenvalue weighted by Crippen LogP contribution is 2.43. The predicted octanol–water partition coefficient (Wildman–Crippen LogP) is 0.993. The fraction of sp³-hybridized carbons (Fsp3) is 0.292. The molecule has 0 radical (unpaired) electrons. The number of nitrogens with two attached hydrogens (primary N) is 2. The largest absolute Gasteiger partial charge is 0.364 e. The maximum absolute atomic E-state index is 13.4. The number of nitrogens with zero attached hydrogens (tertiary/aromatic N) is 2. The molecule has 2 aliphatic rings. The van der Waals surface area contributed by atoms with Gasteiger partial charge in [0.2, 0.25) is 5.91 Å². The first kappa shape index (κ1) is 23.7. The Hall–Kier alpha value is -3.40. The Morgan fingerprint density at radius 1 is 1.18 bits per heavy atom.